The lowest BCUT2D eigenvalue weighted by Gasteiger charge is -2.26. The number of hydrogen-bond donors (Lipinski definition) is 0. The van der Waals surface area contributed by atoms with Crippen LogP contribution in [0.1, 0.15) is 36.5 Å². The molecule has 0 radical (unpaired) electrons. The van der Waals surface area contributed by atoms with Crippen LogP contribution in [-0.2, 0) is 4.84 Å². The van der Waals surface area contributed by atoms with Crippen LogP contribution in [0, 0.1) is 12.8 Å². The third-order valence-electron chi connectivity index (χ3n) is 6.03. The maximum absolute atomic E-state index is 5.84. The van der Waals surface area contributed by atoms with Gasteiger partial charge in [-0.3, -0.25) is 0 Å². The molecule has 0 amide bonds. The highest BCUT2D eigenvalue weighted by Crippen LogP contribution is 2.32. The van der Waals surface area contributed by atoms with Gasteiger partial charge in [0.2, 0.25) is 0 Å². The molecule has 0 aromatic heterocycles. The maximum Gasteiger partial charge on any atom is 0.194 e. The van der Waals surface area contributed by atoms with Crippen LogP contribution in [-0.4, -0.2) is 12.4 Å². The van der Waals surface area contributed by atoms with Gasteiger partial charge in [-0.15, -0.1) is 0 Å². The molecule has 0 aliphatic carbocycles. The fourth-order valence-corrected chi connectivity index (χ4v) is 3.92. The Morgan fingerprint density at radius 1 is 0.844 bits per heavy atom. The second-order valence-corrected chi connectivity index (χ2v) is 8.32. The third-order valence-corrected chi connectivity index (χ3v) is 6.03. The summed E-state index contributed by atoms with van der Waals surface area (Å²) >= 11 is 0. The minimum atomic E-state index is 0.171. The lowest BCUT2D eigenvalue weighted by atomic mass is 9.83. The molecule has 2 atom stereocenters. The van der Waals surface area contributed by atoms with Crippen molar-refractivity contribution >= 4 is 17.5 Å². The highest BCUT2D eigenvalue weighted by molar-refractivity contribution is 5.85. The normalized spacial score (nSPS) is 22.7. The van der Waals surface area contributed by atoms with Crippen molar-refractivity contribution < 1.29 is 4.84 Å². The zero-order valence-electron chi connectivity index (χ0n) is 19.0. The molecule has 0 saturated heterocycles. The molecule has 3 aromatic carbocycles. The van der Waals surface area contributed by atoms with E-state index in [9.17, 15) is 0 Å². The number of nitrogens with zero attached hydrogens (tertiary/aromatic N) is 2. The molecule has 32 heavy (non-hydrogen) atoms. The molecule has 1 heterocycles. The standard InChI is InChI=1S/C29H30N2O/c1-22-14-17-27(18-15-22)31-21-32-30-24(3)23(2)29(26-12-8-5-9-13-26)20-28(31)19-16-25-10-6-4-7-11-25/h4-20,23,29H,21H2,1-3H3/b19-16+,28-20-,30-24-/t23-,29+/m0/s1. The van der Waals surface area contributed by atoms with E-state index in [2.05, 4.69) is 128 Å². The number of aryl methyl sites for hydroxylation is 1. The van der Waals surface area contributed by atoms with Gasteiger partial charge in [0.05, 0.1) is 5.71 Å². The van der Waals surface area contributed by atoms with Crippen LogP contribution in [0.2, 0.25) is 0 Å². The van der Waals surface area contributed by atoms with Crippen molar-refractivity contribution in [1.82, 2.24) is 0 Å². The van der Waals surface area contributed by atoms with Crippen LogP contribution in [0.3, 0.4) is 0 Å². The Kier molecular flexibility index (Phi) is 6.86. The number of allylic oxidation sites excluding steroid dienone is 2. The topological polar surface area (TPSA) is 24.8 Å². The molecule has 0 bridgehead atoms. The van der Waals surface area contributed by atoms with Crippen molar-refractivity contribution in [3.8, 4) is 0 Å². The molecule has 3 nitrogen and oxygen atoms in total. The Labute approximate surface area is 191 Å². The van der Waals surface area contributed by atoms with Crippen molar-refractivity contribution in [2.24, 2.45) is 11.1 Å². The first-order valence-corrected chi connectivity index (χ1v) is 11.1. The fraction of sp³-hybridized carbons (Fsp3) is 0.207. The largest absolute Gasteiger partial charge is 0.374 e. The van der Waals surface area contributed by atoms with Crippen LogP contribution in [0.25, 0.3) is 6.08 Å². The van der Waals surface area contributed by atoms with Gasteiger partial charge in [-0.25, -0.2) is 0 Å². The molecular formula is C29H30N2O. The van der Waals surface area contributed by atoms with Crippen LogP contribution >= 0.6 is 0 Å². The van der Waals surface area contributed by atoms with Crippen molar-refractivity contribution in [2.75, 3.05) is 11.6 Å². The summed E-state index contributed by atoms with van der Waals surface area (Å²) in [6.07, 6.45) is 6.69. The summed E-state index contributed by atoms with van der Waals surface area (Å²) in [5.74, 6) is 0.375. The summed E-state index contributed by atoms with van der Waals surface area (Å²) < 4.78 is 0. The van der Waals surface area contributed by atoms with Gasteiger partial charge in [-0.2, -0.15) is 0 Å². The average molecular weight is 423 g/mol. The molecule has 4 rings (SSSR count). The molecule has 162 valence electrons. The van der Waals surface area contributed by atoms with E-state index in [1.54, 1.807) is 0 Å². The monoisotopic (exact) mass is 422 g/mol. The van der Waals surface area contributed by atoms with Gasteiger partial charge in [0.25, 0.3) is 0 Å². The quantitative estimate of drug-likeness (QED) is 0.445. The fourth-order valence-electron chi connectivity index (χ4n) is 3.92. The number of oxime groups is 1. The van der Waals surface area contributed by atoms with E-state index in [4.69, 9.17) is 4.84 Å². The molecule has 3 heteroatoms. The highest BCUT2D eigenvalue weighted by atomic mass is 16.6. The van der Waals surface area contributed by atoms with Crippen molar-refractivity contribution in [3.05, 3.63) is 119 Å². The van der Waals surface area contributed by atoms with Crippen LogP contribution in [0.5, 0.6) is 0 Å². The van der Waals surface area contributed by atoms with Gasteiger partial charge in [-0.1, -0.05) is 103 Å². The van der Waals surface area contributed by atoms with E-state index in [1.807, 2.05) is 6.07 Å². The smallest absolute Gasteiger partial charge is 0.194 e. The Balaban J connectivity index is 1.83. The molecule has 0 unspecified atom stereocenters. The van der Waals surface area contributed by atoms with E-state index in [1.165, 1.54) is 11.1 Å². The second-order valence-electron chi connectivity index (χ2n) is 8.32. The van der Waals surface area contributed by atoms with Crippen molar-refractivity contribution in [2.45, 2.75) is 26.7 Å². The number of hydrogen-bond acceptors (Lipinski definition) is 3. The minimum absolute atomic E-state index is 0.171. The molecule has 0 saturated carbocycles. The molecule has 0 fully saturated rings. The van der Waals surface area contributed by atoms with Crippen LogP contribution < -0.4 is 4.90 Å². The molecule has 0 N–H and O–H groups in total. The summed E-state index contributed by atoms with van der Waals surface area (Å²) in [5.41, 5.74) is 6.82. The van der Waals surface area contributed by atoms with Gasteiger partial charge >= 0.3 is 0 Å². The Morgan fingerprint density at radius 2 is 1.50 bits per heavy atom. The summed E-state index contributed by atoms with van der Waals surface area (Å²) in [4.78, 5) is 8.02. The first-order valence-electron chi connectivity index (χ1n) is 11.1. The molecule has 3 aromatic rings. The summed E-state index contributed by atoms with van der Waals surface area (Å²) in [5, 5.41) is 4.46. The van der Waals surface area contributed by atoms with Crippen LogP contribution in [0.4, 0.5) is 5.69 Å². The molecule has 0 spiro atoms. The summed E-state index contributed by atoms with van der Waals surface area (Å²) in [6, 6.07) is 29.6. The Morgan fingerprint density at radius 3 is 2.19 bits per heavy atom. The lowest BCUT2D eigenvalue weighted by molar-refractivity contribution is 0.148. The Bertz CT molecular complexity index is 1100. The average Bonchev–Trinajstić information content (AvgIpc) is 2.89. The van der Waals surface area contributed by atoms with Crippen molar-refractivity contribution in [3.63, 3.8) is 0 Å². The number of rotatable bonds is 4. The first kappa shape index (κ1) is 21.6. The van der Waals surface area contributed by atoms with E-state index in [0.29, 0.717) is 6.73 Å². The van der Waals surface area contributed by atoms with Gasteiger partial charge in [0.1, 0.15) is 0 Å². The van der Waals surface area contributed by atoms with Crippen molar-refractivity contribution in [1.29, 1.82) is 0 Å². The summed E-state index contributed by atoms with van der Waals surface area (Å²) in [7, 11) is 0. The zero-order valence-corrected chi connectivity index (χ0v) is 19.0. The zero-order chi connectivity index (χ0) is 22.3. The Hall–Kier alpha value is -3.59. The SMILES string of the molecule is C/C1=N/OCN(c2ccc(C)cc2)C(/C=C/c2ccccc2)=C\[C@@H](c2ccccc2)[C@H]1C. The third kappa shape index (κ3) is 5.17. The first-order chi connectivity index (χ1) is 15.6. The lowest BCUT2D eigenvalue weighted by Crippen LogP contribution is -2.24. The molecule has 1 aliphatic heterocycles. The van der Waals surface area contributed by atoms with Gasteiger partial charge < -0.3 is 9.74 Å². The van der Waals surface area contributed by atoms with Gasteiger partial charge in [-0.05, 0) is 43.2 Å². The molecule has 1 aliphatic rings. The predicted molar refractivity (Wildman–Crippen MR) is 135 cm³/mol. The minimum Gasteiger partial charge on any atom is -0.374 e. The second kappa shape index (κ2) is 10.1. The predicted octanol–water partition coefficient (Wildman–Crippen LogP) is 7.18. The van der Waals surface area contributed by atoms with E-state index in [0.717, 1.165) is 22.7 Å². The van der Waals surface area contributed by atoms with Gasteiger partial charge in [0.15, 0.2) is 6.73 Å². The number of anilines is 1. The van der Waals surface area contributed by atoms with E-state index in [-0.39, 0.29) is 11.8 Å². The van der Waals surface area contributed by atoms with E-state index < -0.39 is 0 Å². The van der Waals surface area contributed by atoms with Crippen LogP contribution in [0.15, 0.2) is 108 Å². The summed E-state index contributed by atoms with van der Waals surface area (Å²) in [6.45, 7) is 6.72. The maximum atomic E-state index is 5.84. The molecular weight excluding hydrogens is 392 g/mol. The highest BCUT2D eigenvalue weighted by Gasteiger charge is 2.24. The van der Waals surface area contributed by atoms with Gasteiger partial charge in [0, 0.05) is 23.2 Å². The van der Waals surface area contributed by atoms with E-state index >= 15 is 0 Å². The number of benzene rings is 3.